The number of hydrogen-bond acceptors (Lipinski definition) is 3. The van der Waals surface area contributed by atoms with Gasteiger partial charge >= 0.3 is 0 Å². The number of nitrogens with two attached hydrogens (primary N) is 1. The molecule has 1 heterocycles. The average molecular weight is 323 g/mol. The topological polar surface area (TPSA) is 58.4 Å². The van der Waals surface area contributed by atoms with Crippen molar-refractivity contribution >= 4 is 11.6 Å². The third-order valence-corrected chi connectivity index (χ3v) is 4.63. The summed E-state index contributed by atoms with van der Waals surface area (Å²) in [5, 5.41) is 3.14. The maximum Gasteiger partial charge on any atom is 0.253 e. The molecule has 1 aliphatic rings. The quantitative estimate of drug-likeness (QED) is 0.851. The fourth-order valence-corrected chi connectivity index (χ4v) is 3.21. The predicted octanol–water partition coefficient (Wildman–Crippen LogP) is 2.97. The van der Waals surface area contributed by atoms with Crippen LogP contribution in [0.5, 0.6) is 0 Å². The molecular weight excluding hydrogens is 298 g/mol. The molecule has 2 aromatic carbocycles. The largest absolute Gasteiger partial charge is 0.398 e. The van der Waals surface area contributed by atoms with Crippen LogP contribution in [0.15, 0.2) is 48.5 Å². The summed E-state index contributed by atoms with van der Waals surface area (Å²) in [7, 11) is 0. The summed E-state index contributed by atoms with van der Waals surface area (Å²) in [6.45, 7) is 4.96. The first-order chi connectivity index (χ1) is 11.6. The summed E-state index contributed by atoms with van der Waals surface area (Å²) >= 11 is 0. The lowest BCUT2D eigenvalue weighted by Gasteiger charge is -2.32. The molecule has 4 nitrogen and oxygen atoms in total. The van der Waals surface area contributed by atoms with E-state index in [2.05, 4.69) is 34.5 Å². The number of amides is 1. The third kappa shape index (κ3) is 4.15. The number of carbonyl (C=O) groups is 1. The second kappa shape index (κ2) is 7.49. The van der Waals surface area contributed by atoms with Crippen LogP contribution in [-0.4, -0.2) is 29.9 Å². The minimum atomic E-state index is -0.0577. The first-order valence-electron chi connectivity index (χ1n) is 8.55. The van der Waals surface area contributed by atoms with Crippen LogP contribution in [0, 0.1) is 6.92 Å². The summed E-state index contributed by atoms with van der Waals surface area (Å²) in [5.74, 6) is -0.0577. The Morgan fingerprint density at radius 1 is 1.17 bits per heavy atom. The van der Waals surface area contributed by atoms with Gasteiger partial charge in [-0.15, -0.1) is 0 Å². The molecule has 1 amide bonds. The Morgan fingerprint density at radius 3 is 2.58 bits per heavy atom. The van der Waals surface area contributed by atoms with E-state index in [4.69, 9.17) is 5.73 Å². The lowest BCUT2D eigenvalue weighted by molar-refractivity contribution is 0.0909. The molecule has 0 atom stereocenters. The van der Waals surface area contributed by atoms with Gasteiger partial charge in [-0.05, 0) is 37.5 Å². The second-order valence-corrected chi connectivity index (χ2v) is 6.60. The molecule has 126 valence electrons. The minimum absolute atomic E-state index is 0.0577. The van der Waals surface area contributed by atoms with E-state index in [0.29, 0.717) is 11.3 Å². The molecule has 0 unspecified atom stereocenters. The Bertz CT molecular complexity index is 691. The molecule has 3 N–H and O–H groups in total. The zero-order chi connectivity index (χ0) is 16.9. The molecule has 3 rings (SSSR count). The first kappa shape index (κ1) is 16.5. The van der Waals surface area contributed by atoms with E-state index in [1.54, 1.807) is 6.07 Å². The highest BCUT2D eigenvalue weighted by Gasteiger charge is 2.22. The van der Waals surface area contributed by atoms with Crippen LogP contribution in [-0.2, 0) is 6.54 Å². The molecule has 0 radical (unpaired) electrons. The van der Waals surface area contributed by atoms with Gasteiger partial charge in [0.25, 0.3) is 5.91 Å². The van der Waals surface area contributed by atoms with Crippen LogP contribution in [0.3, 0.4) is 0 Å². The number of carbonyl (C=O) groups excluding carboxylic acids is 1. The van der Waals surface area contributed by atoms with Gasteiger partial charge in [-0.25, -0.2) is 0 Å². The van der Waals surface area contributed by atoms with Crippen molar-refractivity contribution in [2.45, 2.75) is 32.4 Å². The van der Waals surface area contributed by atoms with Crippen molar-refractivity contribution in [3.05, 3.63) is 65.2 Å². The first-order valence-corrected chi connectivity index (χ1v) is 8.55. The summed E-state index contributed by atoms with van der Waals surface area (Å²) < 4.78 is 0. The smallest absolute Gasteiger partial charge is 0.253 e. The van der Waals surface area contributed by atoms with Crippen molar-refractivity contribution in [1.82, 2.24) is 10.2 Å². The number of hydrogen-bond donors (Lipinski definition) is 2. The van der Waals surface area contributed by atoms with Gasteiger partial charge in [0.1, 0.15) is 0 Å². The van der Waals surface area contributed by atoms with Gasteiger partial charge < -0.3 is 11.1 Å². The van der Waals surface area contributed by atoms with E-state index >= 15 is 0 Å². The van der Waals surface area contributed by atoms with Crippen molar-refractivity contribution in [2.24, 2.45) is 0 Å². The molecule has 0 aromatic heterocycles. The Balaban J connectivity index is 1.52. The predicted molar refractivity (Wildman–Crippen MR) is 97.8 cm³/mol. The van der Waals surface area contributed by atoms with Gasteiger partial charge in [0.05, 0.1) is 5.56 Å². The number of piperidine rings is 1. The number of aryl methyl sites for hydroxylation is 1. The number of nitrogens with one attached hydrogen (secondary N) is 1. The molecule has 2 aromatic rings. The average Bonchev–Trinajstić information content (AvgIpc) is 2.59. The highest BCUT2D eigenvalue weighted by atomic mass is 16.1. The third-order valence-electron chi connectivity index (χ3n) is 4.63. The van der Waals surface area contributed by atoms with E-state index in [0.717, 1.165) is 38.0 Å². The molecule has 1 aliphatic heterocycles. The van der Waals surface area contributed by atoms with E-state index < -0.39 is 0 Å². The molecule has 4 heteroatoms. The molecule has 0 aliphatic carbocycles. The number of rotatable bonds is 4. The van der Waals surface area contributed by atoms with Gasteiger partial charge in [0.15, 0.2) is 0 Å². The summed E-state index contributed by atoms with van der Waals surface area (Å²) in [4.78, 5) is 14.9. The Hall–Kier alpha value is -2.33. The van der Waals surface area contributed by atoms with Crippen molar-refractivity contribution in [3.8, 4) is 0 Å². The van der Waals surface area contributed by atoms with Crippen LogP contribution in [0.1, 0.15) is 34.3 Å². The standard InChI is InChI=1S/C20H25N3O/c1-15-7-8-19(21)18(13-15)20(24)22-17-9-11-23(12-10-17)14-16-5-3-2-4-6-16/h2-8,13,17H,9-12,14,21H2,1H3,(H,22,24). The molecule has 0 saturated carbocycles. The van der Waals surface area contributed by atoms with Gasteiger partial charge in [-0.1, -0.05) is 42.0 Å². The summed E-state index contributed by atoms with van der Waals surface area (Å²) in [6.07, 6.45) is 1.95. The number of anilines is 1. The molecule has 24 heavy (non-hydrogen) atoms. The highest BCUT2D eigenvalue weighted by Crippen LogP contribution is 2.17. The van der Waals surface area contributed by atoms with Gasteiger partial charge in [0, 0.05) is 31.4 Å². The van der Waals surface area contributed by atoms with Gasteiger partial charge in [0.2, 0.25) is 0 Å². The fourth-order valence-electron chi connectivity index (χ4n) is 3.21. The van der Waals surface area contributed by atoms with Gasteiger partial charge in [-0.2, -0.15) is 0 Å². The van der Waals surface area contributed by atoms with Crippen LogP contribution in [0.2, 0.25) is 0 Å². The van der Waals surface area contributed by atoms with Crippen LogP contribution in [0.25, 0.3) is 0 Å². The number of nitrogens with zero attached hydrogens (tertiary/aromatic N) is 1. The van der Waals surface area contributed by atoms with Crippen LogP contribution >= 0.6 is 0 Å². The number of likely N-dealkylation sites (tertiary alicyclic amines) is 1. The van der Waals surface area contributed by atoms with Gasteiger partial charge in [-0.3, -0.25) is 9.69 Å². The summed E-state index contributed by atoms with van der Waals surface area (Å²) in [6, 6.07) is 16.3. The maximum atomic E-state index is 12.5. The zero-order valence-electron chi connectivity index (χ0n) is 14.2. The second-order valence-electron chi connectivity index (χ2n) is 6.60. The highest BCUT2D eigenvalue weighted by molar-refractivity contribution is 5.99. The van der Waals surface area contributed by atoms with Crippen molar-refractivity contribution in [3.63, 3.8) is 0 Å². The van der Waals surface area contributed by atoms with E-state index in [1.807, 2.05) is 25.1 Å². The molecule has 0 spiro atoms. The molecule has 1 saturated heterocycles. The SMILES string of the molecule is Cc1ccc(N)c(C(=O)NC2CCN(Cc3ccccc3)CC2)c1. The Morgan fingerprint density at radius 2 is 1.88 bits per heavy atom. The minimum Gasteiger partial charge on any atom is -0.398 e. The maximum absolute atomic E-state index is 12.5. The zero-order valence-corrected chi connectivity index (χ0v) is 14.2. The number of benzene rings is 2. The summed E-state index contributed by atoms with van der Waals surface area (Å²) in [5.41, 5.74) is 9.45. The monoisotopic (exact) mass is 323 g/mol. The fraction of sp³-hybridized carbons (Fsp3) is 0.350. The van der Waals surface area contributed by atoms with E-state index in [9.17, 15) is 4.79 Å². The van der Waals surface area contributed by atoms with Crippen molar-refractivity contribution in [2.75, 3.05) is 18.8 Å². The van der Waals surface area contributed by atoms with Crippen molar-refractivity contribution in [1.29, 1.82) is 0 Å². The molecule has 1 fully saturated rings. The van der Waals surface area contributed by atoms with Crippen molar-refractivity contribution < 1.29 is 4.79 Å². The lowest BCUT2D eigenvalue weighted by atomic mass is 10.0. The molecular formula is C20H25N3O. The normalized spacial score (nSPS) is 16.0. The Kier molecular flexibility index (Phi) is 5.16. The lowest BCUT2D eigenvalue weighted by Crippen LogP contribution is -2.44. The van der Waals surface area contributed by atoms with E-state index in [1.165, 1.54) is 5.56 Å². The number of nitrogen functional groups attached to an aromatic ring is 1. The molecule has 0 bridgehead atoms. The van der Waals surface area contributed by atoms with Crippen LogP contribution in [0.4, 0.5) is 5.69 Å². The van der Waals surface area contributed by atoms with E-state index in [-0.39, 0.29) is 11.9 Å². The Labute approximate surface area is 143 Å². The van der Waals surface area contributed by atoms with Crippen LogP contribution < -0.4 is 11.1 Å².